The van der Waals surface area contributed by atoms with Crippen LogP contribution in [0.15, 0.2) is 0 Å². The first-order valence-electron chi connectivity index (χ1n) is 4.15. The second-order valence-corrected chi connectivity index (χ2v) is 6.81. The number of rotatable bonds is 4. The van der Waals surface area contributed by atoms with Crippen LogP contribution in [-0.2, 0) is 9.84 Å². The summed E-state index contributed by atoms with van der Waals surface area (Å²) < 4.78 is 22.4. The Labute approximate surface area is 75.3 Å². The Morgan fingerprint density at radius 1 is 1.33 bits per heavy atom. The van der Waals surface area contributed by atoms with Gasteiger partial charge in [0.15, 0.2) is 9.84 Å². The minimum atomic E-state index is -3.03. The minimum Gasteiger partial charge on any atom is -0.329 e. The summed E-state index contributed by atoms with van der Waals surface area (Å²) in [6, 6.07) is 0. The van der Waals surface area contributed by atoms with Crippen LogP contribution in [0.25, 0.3) is 0 Å². The summed E-state index contributed by atoms with van der Waals surface area (Å²) in [4.78, 5) is 0. The van der Waals surface area contributed by atoms with Crippen LogP contribution in [0.4, 0.5) is 0 Å². The Kier molecular flexibility index (Phi) is 3.72. The lowest BCUT2D eigenvalue weighted by molar-refractivity contribution is 0.537. The summed E-state index contributed by atoms with van der Waals surface area (Å²) in [5.41, 5.74) is 5.39. The van der Waals surface area contributed by atoms with Gasteiger partial charge in [-0.3, -0.25) is 0 Å². The van der Waals surface area contributed by atoms with Gasteiger partial charge in [0.2, 0.25) is 0 Å². The SMILES string of the molecule is CC(C)CS(=O)(=O)C(C)(C)CN. The number of hydrogen-bond acceptors (Lipinski definition) is 3. The van der Waals surface area contributed by atoms with Crippen molar-refractivity contribution in [2.24, 2.45) is 11.7 Å². The van der Waals surface area contributed by atoms with Gasteiger partial charge in [-0.15, -0.1) is 0 Å². The van der Waals surface area contributed by atoms with Gasteiger partial charge in [-0.05, 0) is 19.8 Å². The van der Waals surface area contributed by atoms with Crippen molar-refractivity contribution in [3.63, 3.8) is 0 Å². The van der Waals surface area contributed by atoms with Gasteiger partial charge < -0.3 is 5.73 Å². The third-order valence-electron chi connectivity index (χ3n) is 1.89. The van der Waals surface area contributed by atoms with Gasteiger partial charge in [0.05, 0.1) is 10.5 Å². The Morgan fingerprint density at radius 2 is 1.75 bits per heavy atom. The quantitative estimate of drug-likeness (QED) is 0.718. The van der Waals surface area contributed by atoms with Crippen LogP contribution >= 0.6 is 0 Å². The molecule has 0 atom stereocenters. The Balaban J connectivity index is 4.63. The van der Waals surface area contributed by atoms with Gasteiger partial charge in [0.1, 0.15) is 0 Å². The van der Waals surface area contributed by atoms with E-state index in [0.29, 0.717) is 0 Å². The molecule has 0 aromatic rings. The van der Waals surface area contributed by atoms with Gasteiger partial charge in [-0.2, -0.15) is 0 Å². The largest absolute Gasteiger partial charge is 0.329 e. The smallest absolute Gasteiger partial charge is 0.156 e. The molecule has 2 N–H and O–H groups in total. The van der Waals surface area contributed by atoms with Crippen LogP contribution in [0, 0.1) is 5.92 Å². The van der Waals surface area contributed by atoms with Crippen molar-refractivity contribution >= 4 is 9.84 Å². The van der Waals surface area contributed by atoms with E-state index in [1.807, 2.05) is 13.8 Å². The zero-order chi connectivity index (χ0) is 9.99. The molecule has 0 aliphatic carbocycles. The lowest BCUT2D eigenvalue weighted by Gasteiger charge is -2.23. The fraction of sp³-hybridized carbons (Fsp3) is 1.00. The summed E-state index contributed by atoms with van der Waals surface area (Å²) in [5, 5.41) is 0. The van der Waals surface area contributed by atoms with E-state index in [4.69, 9.17) is 5.73 Å². The molecule has 0 unspecified atom stereocenters. The van der Waals surface area contributed by atoms with Crippen molar-refractivity contribution in [3.05, 3.63) is 0 Å². The average Bonchev–Trinajstić information content (AvgIpc) is 1.84. The van der Waals surface area contributed by atoms with Crippen LogP contribution < -0.4 is 5.73 Å². The monoisotopic (exact) mass is 193 g/mol. The number of hydrogen-bond donors (Lipinski definition) is 1. The van der Waals surface area contributed by atoms with E-state index >= 15 is 0 Å². The highest BCUT2D eigenvalue weighted by molar-refractivity contribution is 7.92. The van der Waals surface area contributed by atoms with E-state index in [0.717, 1.165) is 0 Å². The predicted octanol–water partition coefficient (Wildman–Crippen LogP) is 0.794. The lowest BCUT2D eigenvalue weighted by Crippen LogP contribution is -2.42. The zero-order valence-corrected chi connectivity index (χ0v) is 9.11. The first-order chi connectivity index (χ1) is 5.23. The maximum Gasteiger partial charge on any atom is 0.156 e. The summed E-state index contributed by atoms with van der Waals surface area (Å²) in [5.74, 6) is 0.387. The Hall–Kier alpha value is -0.0900. The maximum absolute atomic E-state index is 11.6. The summed E-state index contributed by atoms with van der Waals surface area (Å²) in [6.07, 6.45) is 0. The van der Waals surface area contributed by atoms with Crippen molar-refractivity contribution in [3.8, 4) is 0 Å². The zero-order valence-electron chi connectivity index (χ0n) is 8.29. The van der Waals surface area contributed by atoms with Crippen LogP contribution in [0.5, 0.6) is 0 Å². The second-order valence-electron chi connectivity index (χ2n) is 4.14. The molecule has 0 fully saturated rings. The standard InChI is InChI=1S/C8H19NO2S/c1-7(2)5-12(10,11)8(3,4)6-9/h7H,5-6,9H2,1-4H3. The van der Waals surface area contributed by atoms with Crippen LogP contribution in [0.1, 0.15) is 27.7 Å². The van der Waals surface area contributed by atoms with Gasteiger partial charge in [-0.1, -0.05) is 13.8 Å². The third kappa shape index (κ3) is 2.75. The molecule has 4 heteroatoms. The molecule has 12 heavy (non-hydrogen) atoms. The summed E-state index contributed by atoms with van der Waals surface area (Å²) in [7, 11) is -3.03. The average molecular weight is 193 g/mol. The van der Waals surface area contributed by atoms with E-state index in [1.54, 1.807) is 13.8 Å². The topological polar surface area (TPSA) is 60.2 Å². The normalized spacial score (nSPS) is 13.8. The maximum atomic E-state index is 11.6. The fourth-order valence-corrected chi connectivity index (χ4v) is 2.37. The van der Waals surface area contributed by atoms with Crippen molar-refractivity contribution in [1.82, 2.24) is 0 Å². The van der Waals surface area contributed by atoms with Gasteiger partial charge in [0.25, 0.3) is 0 Å². The molecule has 0 spiro atoms. The minimum absolute atomic E-state index is 0.167. The molecule has 0 rings (SSSR count). The molecule has 0 saturated carbocycles. The Bertz CT molecular complexity index is 229. The molecule has 0 aliphatic heterocycles. The highest BCUT2D eigenvalue weighted by Crippen LogP contribution is 2.17. The van der Waals surface area contributed by atoms with Crippen molar-refractivity contribution < 1.29 is 8.42 Å². The van der Waals surface area contributed by atoms with Crippen molar-refractivity contribution in [2.75, 3.05) is 12.3 Å². The number of sulfone groups is 1. The first-order valence-corrected chi connectivity index (χ1v) is 5.80. The fourth-order valence-electron chi connectivity index (χ4n) is 0.791. The second kappa shape index (κ2) is 3.75. The van der Waals surface area contributed by atoms with Crippen molar-refractivity contribution in [2.45, 2.75) is 32.4 Å². The molecule has 74 valence electrons. The van der Waals surface area contributed by atoms with Crippen LogP contribution in [-0.4, -0.2) is 25.5 Å². The molecular weight excluding hydrogens is 174 g/mol. The lowest BCUT2D eigenvalue weighted by atomic mass is 10.2. The molecule has 0 saturated heterocycles. The van der Waals surface area contributed by atoms with E-state index in [1.165, 1.54) is 0 Å². The van der Waals surface area contributed by atoms with Gasteiger partial charge in [-0.25, -0.2) is 8.42 Å². The van der Waals surface area contributed by atoms with E-state index < -0.39 is 14.6 Å². The van der Waals surface area contributed by atoms with Crippen LogP contribution in [0.3, 0.4) is 0 Å². The van der Waals surface area contributed by atoms with Crippen LogP contribution in [0.2, 0.25) is 0 Å². The van der Waals surface area contributed by atoms with E-state index in [2.05, 4.69) is 0 Å². The van der Waals surface area contributed by atoms with Crippen molar-refractivity contribution in [1.29, 1.82) is 0 Å². The molecule has 0 heterocycles. The summed E-state index contributed by atoms with van der Waals surface area (Å²) in [6.45, 7) is 7.31. The first kappa shape index (κ1) is 11.9. The van der Waals surface area contributed by atoms with Gasteiger partial charge in [0, 0.05) is 6.54 Å². The van der Waals surface area contributed by atoms with E-state index in [-0.39, 0.29) is 18.2 Å². The molecule has 0 aromatic carbocycles. The molecule has 0 aliphatic rings. The van der Waals surface area contributed by atoms with Gasteiger partial charge >= 0.3 is 0 Å². The van der Waals surface area contributed by atoms with E-state index in [9.17, 15) is 8.42 Å². The molecule has 0 amide bonds. The molecule has 0 aromatic heterocycles. The third-order valence-corrected chi connectivity index (χ3v) is 4.84. The predicted molar refractivity (Wildman–Crippen MR) is 51.8 cm³/mol. The highest BCUT2D eigenvalue weighted by Gasteiger charge is 2.32. The summed E-state index contributed by atoms with van der Waals surface area (Å²) >= 11 is 0. The Morgan fingerprint density at radius 3 is 2.00 bits per heavy atom. The molecule has 0 bridgehead atoms. The highest BCUT2D eigenvalue weighted by atomic mass is 32.2. The number of nitrogens with two attached hydrogens (primary N) is 1. The molecular formula is C8H19NO2S. The molecule has 3 nitrogen and oxygen atoms in total. The molecule has 0 radical (unpaired) electrons.